The van der Waals surface area contributed by atoms with Crippen LogP contribution in [0.3, 0.4) is 0 Å². The molecule has 0 aromatic heterocycles. The average Bonchev–Trinajstić information content (AvgIpc) is 3.11. The summed E-state index contributed by atoms with van der Waals surface area (Å²) in [6.07, 6.45) is 5.26. The summed E-state index contributed by atoms with van der Waals surface area (Å²) in [6.45, 7) is 7.62. The maximum Gasteiger partial charge on any atom is 0.256 e. The maximum atomic E-state index is 13.2. The first-order valence-electron chi connectivity index (χ1n) is 10.9. The molecule has 1 aromatic rings. The minimum Gasteiger partial charge on any atom is -0.375 e. The van der Waals surface area contributed by atoms with E-state index in [1.807, 2.05) is 30.3 Å². The van der Waals surface area contributed by atoms with Crippen LogP contribution in [0, 0.1) is 23.7 Å². The molecule has 2 saturated carbocycles. The van der Waals surface area contributed by atoms with Crippen LogP contribution in [0.15, 0.2) is 30.3 Å². The van der Waals surface area contributed by atoms with E-state index in [4.69, 9.17) is 0 Å². The lowest BCUT2D eigenvalue weighted by molar-refractivity contribution is -0.147. The van der Waals surface area contributed by atoms with Crippen molar-refractivity contribution in [3.63, 3.8) is 0 Å². The average molecular weight is 371 g/mol. The number of carbonyl (C=O) groups is 1. The lowest BCUT2D eigenvalue weighted by Gasteiger charge is -2.33. The van der Waals surface area contributed by atoms with E-state index in [1.165, 1.54) is 19.5 Å². The van der Waals surface area contributed by atoms with E-state index in [9.17, 15) is 9.90 Å². The predicted octanol–water partition coefficient (Wildman–Crippen LogP) is 3.16. The van der Waals surface area contributed by atoms with E-state index in [-0.39, 0.29) is 11.8 Å². The van der Waals surface area contributed by atoms with Gasteiger partial charge in [-0.3, -0.25) is 4.79 Å². The summed E-state index contributed by atoms with van der Waals surface area (Å²) >= 11 is 0. The Bertz CT molecular complexity index is 646. The Labute approximate surface area is 163 Å². The monoisotopic (exact) mass is 370 g/mol. The van der Waals surface area contributed by atoms with E-state index in [2.05, 4.69) is 24.1 Å². The van der Waals surface area contributed by atoms with Gasteiger partial charge in [0.05, 0.1) is 0 Å². The molecule has 4 atom stereocenters. The second-order valence-corrected chi connectivity index (χ2v) is 9.03. The Kier molecular flexibility index (Phi) is 5.30. The molecular formula is C23H34N2O2. The summed E-state index contributed by atoms with van der Waals surface area (Å²) in [4.78, 5) is 15.7. The number of rotatable bonds is 7. The molecule has 2 aliphatic carbocycles. The first kappa shape index (κ1) is 18.9. The van der Waals surface area contributed by atoms with Gasteiger partial charge < -0.3 is 15.3 Å². The van der Waals surface area contributed by atoms with Gasteiger partial charge in [0.15, 0.2) is 5.60 Å². The Morgan fingerprint density at radius 3 is 2.44 bits per heavy atom. The van der Waals surface area contributed by atoms with Gasteiger partial charge in [-0.2, -0.15) is 0 Å². The highest BCUT2D eigenvalue weighted by molar-refractivity contribution is 5.86. The first-order chi connectivity index (χ1) is 13.1. The van der Waals surface area contributed by atoms with E-state index in [0.717, 1.165) is 43.1 Å². The van der Waals surface area contributed by atoms with Gasteiger partial charge >= 0.3 is 0 Å². The summed E-state index contributed by atoms with van der Waals surface area (Å²) in [5.74, 6) is 1.90. The molecular weight excluding hydrogens is 336 g/mol. The van der Waals surface area contributed by atoms with Crippen molar-refractivity contribution in [3.05, 3.63) is 35.9 Å². The number of fused-ring (bicyclic) bond motifs is 1. The van der Waals surface area contributed by atoms with Crippen molar-refractivity contribution >= 4 is 5.91 Å². The second kappa shape index (κ2) is 7.56. The summed E-state index contributed by atoms with van der Waals surface area (Å²) in [5.41, 5.74) is -0.641. The maximum absolute atomic E-state index is 13.2. The number of piperidine rings is 1. The highest BCUT2D eigenvalue weighted by Crippen LogP contribution is 2.52. The molecule has 27 heavy (non-hydrogen) atoms. The van der Waals surface area contributed by atoms with Crippen molar-refractivity contribution in [2.75, 3.05) is 19.6 Å². The van der Waals surface area contributed by atoms with Crippen molar-refractivity contribution in [2.24, 2.45) is 23.7 Å². The molecule has 1 aromatic carbocycles. The number of carbonyl (C=O) groups excluding carboxylic acids is 1. The molecule has 148 valence electrons. The molecule has 3 fully saturated rings. The summed E-state index contributed by atoms with van der Waals surface area (Å²) in [7, 11) is 0. The number of aliphatic hydroxyl groups is 1. The molecule has 1 amide bonds. The summed E-state index contributed by atoms with van der Waals surface area (Å²) in [6, 6.07) is 10.2. The number of nitrogens with zero attached hydrogens (tertiary/aromatic N) is 1. The zero-order chi connectivity index (χ0) is 19.0. The third-order valence-electron chi connectivity index (χ3n) is 7.62. The summed E-state index contributed by atoms with van der Waals surface area (Å²) in [5, 5.41) is 14.7. The standard InChI is InChI=1S/C23H34N2O2/c1-3-16(2)25-14-20-19(21(20)15-25)13-24-22(26)23(27,18-11-7-8-12-18)17-9-5-4-6-10-17/h4-6,9-10,16,18-21,27H,3,7-8,11-15H2,1-2H3,(H,24,26). The van der Waals surface area contributed by atoms with Gasteiger partial charge in [-0.05, 0) is 49.5 Å². The van der Waals surface area contributed by atoms with Gasteiger partial charge in [0.25, 0.3) is 5.91 Å². The van der Waals surface area contributed by atoms with E-state index in [1.54, 1.807) is 0 Å². The third-order valence-corrected chi connectivity index (χ3v) is 7.62. The molecule has 0 radical (unpaired) electrons. The normalized spacial score (nSPS) is 31.3. The fraction of sp³-hybridized carbons (Fsp3) is 0.696. The van der Waals surface area contributed by atoms with Crippen LogP contribution in [0.2, 0.25) is 0 Å². The molecule has 4 heteroatoms. The second-order valence-electron chi connectivity index (χ2n) is 9.03. The van der Waals surface area contributed by atoms with Gasteiger partial charge in [0, 0.05) is 31.6 Å². The molecule has 1 saturated heterocycles. The van der Waals surface area contributed by atoms with Crippen LogP contribution in [0.1, 0.15) is 51.5 Å². The molecule has 4 rings (SSSR count). The van der Waals surface area contributed by atoms with Gasteiger partial charge in [0.1, 0.15) is 0 Å². The smallest absolute Gasteiger partial charge is 0.256 e. The van der Waals surface area contributed by atoms with Crippen LogP contribution >= 0.6 is 0 Å². The fourth-order valence-corrected chi connectivity index (χ4v) is 5.54. The minimum absolute atomic E-state index is 0.0273. The Balaban J connectivity index is 1.38. The Morgan fingerprint density at radius 1 is 1.22 bits per heavy atom. The molecule has 1 heterocycles. The van der Waals surface area contributed by atoms with Crippen LogP contribution in [0.25, 0.3) is 0 Å². The van der Waals surface area contributed by atoms with Crippen molar-refractivity contribution < 1.29 is 9.90 Å². The van der Waals surface area contributed by atoms with Gasteiger partial charge in [-0.15, -0.1) is 0 Å². The topological polar surface area (TPSA) is 52.6 Å². The SMILES string of the molecule is CCC(C)N1CC2C(CNC(=O)C(O)(c3ccccc3)C3CCCC3)C2C1. The molecule has 4 unspecified atom stereocenters. The quantitative estimate of drug-likeness (QED) is 0.775. The summed E-state index contributed by atoms with van der Waals surface area (Å²) < 4.78 is 0. The third kappa shape index (κ3) is 3.42. The molecule has 1 aliphatic heterocycles. The number of nitrogens with one attached hydrogen (secondary N) is 1. The minimum atomic E-state index is -1.38. The van der Waals surface area contributed by atoms with Crippen molar-refractivity contribution in [3.8, 4) is 0 Å². The molecule has 0 bridgehead atoms. The number of hydrogen-bond donors (Lipinski definition) is 2. The van der Waals surface area contributed by atoms with E-state index in [0.29, 0.717) is 18.5 Å². The van der Waals surface area contributed by atoms with Crippen LogP contribution in [-0.4, -0.2) is 41.6 Å². The van der Waals surface area contributed by atoms with Gasteiger partial charge in [0.2, 0.25) is 0 Å². The first-order valence-corrected chi connectivity index (χ1v) is 10.9. The Hall–Kier alpha value is -1.39. The lowest BCUT2D eigenvalue weighted by atomic mass is 9.79. The highest BCUT2D eigenvalue weighted by Gasteiger charge is 2.56. The van der Waals surface area contributed by atoms with E-state index >= 15 is 0 Å². The number of amides is 1. The molecule has 2 N–H and O–H groups in total. The zero-order valence-electron chi connectivity index (χ0n) is 16.7. The van der Waals surface area contributed by atoms with Crippen LogP contribution in [0.5, 0.6) is 0 Å². The van der Waals surface area contributed by atoms with Crippen molar-refractivity contribution in [2.45, 2.75) is 57.6 Å². The van der Waals surface area contributed by atoms with Crippen molar-refractivity contribution in [1.82, 2.24) is 10.2 Å². The lowest BCUT2D eigenvalue weighted by Crippen LogP contribution is -2.49. The van der Waals surface area contributed by atoms with Crippen molar-refractivity contribution in [1.29, 1.82) is 0 Å². The number of hydrogen-bond acceptors (Lipinski definition) is 3. The zero-order valence-corrected chi connectivity index (χ0v) is 16.7. The molecule has 0 spiro atoms. The Morgan fingerprint density at radius 2 is 1.85 bits per heavy atom. The van der Waals surface area contributed by atoms with E-state index < -0.39 is 5.60 Å². The number of likely N-dealkylation sites (tertiary alicyclic amines) is 1. The van der Waals surface area contributed by atoms with Crippen LogP contribution in [0.4, 0.5) is 0 Å². The van der Waals surface area contributed by atoms with Gasteiger partial charge in [-0.1, -0.05) is 50.1 Å². The molecule has 3 aliphatic rings. The highest BCUT2D eigenvalue weighted by atomic mass is 16.3. The molecule has 4 nitrogen and oxygen atoms in total. The van der Waals surface area contributed by atoms with Crippen LogP contribution < -0.4 is 5.32 Å². The largest absolute Gasteiger partial charge is 0.375 e. The predicted molar refractivity (Wildman–Crippen MR) is 107 cm³/mol. The number of benzene rings is 1. The van der Waals surface area contributed by atoms with Gasteiger partial charge in [-0.25, -0.2) is 0 Å². The fourth-order valence-electron chi connectivity index (χ4n) is 5.54. The van der Waals surface area contributed by atoms with Crippen LogP contribution in [-0.2, 0) is 10.4 Å².